The van der Waals surface area contributed by atoms with Crippen LogP contribution >= 0.6 is 0 Å². The highest BCUT2D eigenvalue weighted by atomic mass is 16.6. The molecule has 2 aliphatic heterocycles. The quantitative estimate of drug-likeness (QED) is 0.419. The van der Waals surface area contributed by atoms with Crippen LogP contribution in [0, 0.1) is 0 Å². The van der Waals surface area contributed by atoms with E-state index in [2.05, 4.69) is 26.0 Å². The van der Waals surface area contributed by atoms with E-state index >= 15 is 0 Å². The van der Waals surface area contributed by atoms with E-state index in [9.17, 15) is 14.7 Å². The van der Waals surface area contributed by atoms with E-state index in [0.717, 1.165) is 31.2 Å². The summed E-state index contributed by atoms with van der Waals surface area (Å²) in [5, 5.41) is 9.61. The standard InChI is InChI=1S/C19H29NO3.C12H23NO3.CH4/c1-18(2,3)23-17(21)20-13-16(11-12-19(20,4)5)22-14-15-9-7-6-8-10-15;1-11(2,3)16-10(15)13-8-9(14)6-7-12(13,4)5;/h6-10,16H,11-14H2,1-5H3;9,14H,6-8H2,1-5H3;1H4. The summed E-state index contributed by atoms with van der Waals surface area (Å²) in [5.41, 5.74) is -0.252. The normalized spacial score (nSPS) is 22.3. The number of piperidine rings is 2. The van der Waals surface area contributed by atoms with Crippen LogP contribution in [-0.2, 0) is 20.8 Å². The van der Waals surface area contributed by atoms with Crippen molar-refractivity contribution < 1.29 is 28.9 Å². The minimum absolute atomic E-state index is 0. The maximum atomic E-state index is 12.5. The number of hydrogen-bond acceptors (Lipinski definition) is 6. The zero-order chi connectivity index (χ0) is 29.6. The molecule has 2 fully saturated rings. The van der Waals surface area contributed by atoms with Gasteiger partial charge in [-0.05, 0) is 100 Å². The first-order valence-electron chi connectivity index (χ1n) is 14.1. The number of likely N-dealkylation sites (tertiary alicyclic amines) is 2. The predicted octanol–water partition coefficient (Wildman–Crippen LogP) is 7.17. The summed E-state index contributed by atoms with van der Waals surface area (Å²) >= 11 is 0. The number of β-amino-alcohol motifs (C(OH)–C–C–N with tert-alkyl or cyclic N) is 1. The van der Waals surface area contributed by atoms with Crippen molar-refractivity contribution >= 4 is 12.2 Å². The van der Waals surface area contributed by atoms with Gasteiger partial charge in [-0.2, -0.15) is 0 Å². The van der Waals surface area contributed by atoms with Crippen molar-refractivity contribution in [1.29, 1.82) is 0 Å². The van der Waals surface area contributed by atoms with Crippen molar-refractivity contribution in [3.8, 4) is 0 Å². The minimum Gasteiger partial charge on any atom is -0.444 e. The second kappa shape index (κ2) is 14.0. The van der Waals surface area contributed by atoms with Gasteiger partial charge in [-0.1, -0.05) is 37.8 Å². The third-order valence-electron chi connectivity index (χ3n) is 6.96. The van der Waals surface area contributed by atoms with E-state index in [1.165, 1.54) is 0 Å². The number of hydrogen-bond donors (Lipinski definition) is 1. The Labute approximate surface area is 243 Å². The molecule has 2 aliphatic rings. The lowest BCUT2D eigenvalue weighted by Crippen LogP contribution is -2.56. The number of carbonyl (C=O) groups excluding carboxylic acids is 2. The van der Waals surface area contributed by atoms with Gasteiger partial charge in [0.1, 0.15) is 11.2 Å². The van der Waals surface area contributed by atoms with Crippen molar-refractivity contribution in [2.75, 3.05) is 13.1 Å². The van der Waals surface area contributed by atoms with Crippen molar-refractivity contribution in [2.24, 2.45) is 0 Å². The molecule has 2 amide bonds. The van der Waals surface area contributed by atoms with E-state index < -0.39 is 17.3 Å². The second-order valence-electron chi connectivity index (χ2n) is 14.0. The first-order chi connectivity index (χ1) is 17.8. The molecule has 8 heteroatoms. The smallest absolute Gasteiger partial charge is 0.410 e. The van der Waals surface area contributed by atoms with Crippen LogP contribution < -0.4 is 0 Å². The van der Waals surface area contributed by atoms with Gasteiger partial charge in [0, 0.05) is 11.1 Å². The maximum absolute atomic E-state index is 12.5. The molecule has 1 N–H and O–H groups in total. The van der Waals surface area contributed by atoms with Crippen LogP contribution in [0.25, 0.3) is 0 Å². The summed E-state index contributed by atoms with van der Waals surface area (Å²) in [6.45, 7) is 20.9. The average molecular weight is 565 g/mol. The van der Waals surface area contributed by atoms with Gasteiger partial charge in [0.15, 0.2) is 0 Å². The lowest BCUT2D eigenvalue weighted by atomic mass is 9.89. The van der Waals surface area contributed by atoms with Crippen LogP contribution in [0.1, 0.15) is 108 Å². The summed E-state index contributed by atoms with van der Waals surface area (Å²) in [7, 11) is 0. The number of aliphatic hydroxyl groups is 1. The Morgan fingerprint density at radius 1 is 0.825 bits per heavy atom. The molecule has 230 valence electrons. The van der Waals surface area contributed by atoms with Gasteiger partial charge in [0.25, 0.3) is 0 Å². The fourth-order valence-electron chi connectivity index (χ4n) is 4.60. The Morgan fingerprint density at radius 2 is 1.27 bits per heavy atom. The lowest BCUT2D eigenvalue weighted by Gasteiger charge is -2.45. The number of benzene rings is 1. The van der Waals surface area contributed by atoms with E-state index in [0.29, 0.717) is 19.7 Å². The van der Waals surface area contributed by atoms with Gasteiger partial charge in [-0.25, -0.2) is 9.59 Å². The van der Waals surface area contributed by atoms with Crippen LogP contribution in [0.5, 0.6) is 0 Å². The van der Waals surface area contributed by atoms with Gasteiger partial charge in [-0.3, -0.25) is 0 Å². The summed E-state index contributed by atoms with van der Waals surface area (Å²) in [6, 6.07) is 10.1. The Balaban J connectivity index is 0.000000416. The molecule has 3 rings (SSSR count). The fraction of sp³-hybridized carbons (Fsp3) is 0.750. The first-order valence-corrected chi connectivity index (χ1v) is 14.1. The number of ether oxygens (including phenoxy) is 3. The molecular weight excluding hydrogens is 508 g/mol. The highest BCUT2D eigenvalue weighted by Gasteiger charge is 2.40. The van der Waals surface area contributed by atoms with Crippen LogP contribution in [0.4, 0.5) is 9.59 Å². The molecule has 0 saturated carbocycles. The largest absolute Gasteiger partial charge is 0.444 e. The van der Waals surface area contributed by atoms with Crippen molar-refractivity contribution in [1.82, 2.24) is 9.80 Å². The first kappa shape index (κ1) is 35.7. The van der Waals surface area contributed by atoms with Gasteiger partial charge in [-0.15, -0.1) is 0 Å². The van der Waals surface area contributed by atoms with E-state index in [4.69, 9.17) is 14.2 Å². The minimum atomic E-state index is -0.491. The number of nitrogens with zero attached hydrogens (tertiary/aromatic N) is 2. The second-order valence-corrected chi connectivity index (χ2v) is 14.0. The number of amides is 2. The SMILES string of the molecule is C.CC(C)(C)OC(=O)N1CC(O)CCC1(C)C.CC(C)(C)OC(=O)N1CC(OCc2ccccc2)CCC1(C)C. The molecule has 2 unspecified atom stereocenters. The van der Waals surface area contributed by atoms with E-state index in [1.807, 2.05) is 78.5 Å². The Hall–Kier alpha value is -2.32. The summed E-state index contributed by atoms with van der Waals surface area (Å²) in [4.78, 5) is 27.9. The zero-order valence-corrected chi connectivity index (χ0v) is 25.9. The van der Waals surface area contributed by atoms with Gasteiger partial charge >= 0.3 is 12.2 Å². The Morgan fingerprint density at radius 3 is 1.75 bits per heavy atom. The van der Waals surface area contributed by atoms with Crippen molar-refractivity contribution in [3.05, 3.63) is 35.9 Å². The number of aliphatic hydroxyl groups excluding tert-OH is 1. The molecule has 0 aliphatic carbocycles. The lowest BCUT2D eigenvalue weighted by molar-refractivity contribution is -0.0606. The molecule has 2 atom stereocenters. The van der Waals surface area contributed by atoms with E-state index in [1.54, 1.807) is 4.90 Å². The third-order valence-corrected chi connectivity index (χ3v) is 6.96. The molecule has 0 bridgehead atoms. The predicted molar refractivity (Wildman–Crippen MR) is 160 cm³/mol. The van der Waals surface area contributed by atoms with Gasteiger partial charge in [0.2, 0.25) is 0 Å². The van der Waals surface area contributed by atoms with Crippen LogP contribution in [0.15, 0.2) is 30.3 Å². The molecule has 8 nitrogen and oxygen atoms in total. The van der Waals surface area contributed by atoms with Crippen molar-refractivity contribution in [2.45, 2.75) is 143 Å². The van der Waals surface area contributed by atoms with Crippen LogP contribution in [-0.4, -0.2) is 74.7 Å². The molecular formula is C32H56N2O6. The highest BCUT2D eigenvalue weighted by Crippen LogP contribution is 2.31. The monoisotopic (exact) mass is 564 g/mol. The molecule has 0 radical (unpaired) electrons. The maximum Gasteiger partial charge on any atom is 0.410 e. The Bertz CT molecular complexity index is 933. The molecule has 2 saturated heterocycles. The zero-order valence-electron chi connectivity index (χ0n) is 25.9. The topological polar surface area (TPSA) is 88.5 Å². The van der Waals surface area contributed by atoms with Gasteiger partial charge in [0.05, 0.1) is 31.9 Å². The molecule has 1 aromatic rings. The van der Waals surface area contributed by atoms with Gasteiger partial charge < -0.3 is 29.1 Å². The number of rotatable bonds is 3. The Kier molecular flexibility index (Phi) is 12.5. The van der Waals surface area contributed by atoms with Crippen LogP contribution in [0.3, 0.4) is 0 Å². The highest BCUT2D eigenvalue weighted by molar-refractivity contribution is 5.70. The molecule has 40 heavy (non-hydrogen) atoms. The molecule has 2 heterocycles. The summed E-state index contributed by atoms with van der Waals surface area (Å²) < 4.78 is 16.9. The fourth-order valence-corrected chi connectivity index (χ4v) is 4.60. The summed E-state index contributed by atoms with van der Waals surface area (Å²) in [6.07, 6.45) is 2.44. The average Bonchev–Trinajstić information content (AvgIpc) is 2.78. The molecule has 0 aromatic heterocycles. The molecule has 0 spiro atoms. The van der Waals surface area contributed by atoms with E-state index in [-0.39, 0.29) is 36.8 Å². The van der Waals surface area contributed by atoms with Crippen LogP contribution in [0.2, 0.25) is 0 Å². The molecule has 1 aromatic carbocycles. The third kappa shape index (κ3) is 11.7. The summed E-state index contributed by atoms with van der Waals surface area (Å²) in [5.74, 6) is 0. The number of carbonyl (C=O) groups is 2. The van der Waals surface area contributed by atoms with Crippen molar-refractivity contribution in [3.63, 3.8) is 0 Å².